The number of quaternary nitrogens is 1. The maximum Gasteiger partial charge on any atom is 0.306 e. The number of phosphoric ester groups is 1. The van der Waals surface area contributed by atoms with E-state index >= 15 is 0 Å². The lowest BCUT2D eigenvalue weighted by Crippen LogP contribution is -2.37. The molecule has 452 valence electrons. The van der Waals surface area contributed by atoms with Crippen molar-refractivity contribution in [2.24, 2.45) is 0 Å². The van der Waals surface area contributed by atoms with E-state index in [2.05, 4.69) is 98.9 Å². The second kappa shape index (κ2) is 58.8. The summed E-state index contributed by atoms with van der Waals surface area (Å²) in [6, 6.07) is 0. The molecule has 0 aliphatic carbocycles. The average Bonchev–Trinajstić information content (AvgIpc) is 3.41. The molecule has 0 aromatic heterocycles. The van der Waals surface area contributed by atoms with Gasteiger partial charge in [0.1, 0.15) is 19.8 Å². The van der Waals surface area contributed by atoms with Gasteiger partial charge in [0.05, 0.1) is 27.7 Å². The molecule has 2 unspecified atom stereocenters. The lowest BCUT2D eigenvalue weighted by molar-refractivity contribution is -0.870. The zero-order valence-electron chi connectivity index (χ0n) is 51.3. The van der Waals surface area contributed by atoms with E-state index in [1.54, 1.807) is 0 Å². The largest absolute Gasteiger partial charge is 0.756 e. The summed E-state index contributed by atoms with van der Waals surface area (Å²) in [5, 5.41) is 0. The van der Waals surface area contributed by atoms with Gasteiger partial charge in [0.25, 0.3) is 7.82 Å². The van der Waals surface area contributed by atoms with Crippen LogP contribution < -0.4 is 4.89 Å². The minimum absolute atomic E-state index is 0.0336. The van der Waals surface area contributed by atoms with E-state index in [1.807, 2.05) is 21.1 Å². The third-order valence-electron chi connectivity index (χ3n) is 13.9. The van der Waals surface area contributed by atoms with Crippen LogP contribution in [0.1, 0.15) is 284 Å². The fourth-order valence-electron chi connectivity index (χ4n) is 8.95. The predicted molar refractivity (Wildman–Crippen MR) is 332 cm³/mol. The maximum atomic E-state index is 12.8. The molecule has 0 N–H and O–H groups in total. The van der Waals surface area contributed by atoms with Crippen LogP contribution in [0, 0.1) is 0 Å². The lowest BCUT2D eigenvalue weighted by atomic mass is 10.0. The highest BCUT2D eigenvalue weighted by atomic mass is 31.2. The van der Waals surface area contributed by atoms with Crippen LogP contribution in [-0.2, 0) is 32.7 Å². The van der Waals surface area contributed by atoms with Gasteiger partial charge in [-0.3, -0.25) is 14.2 Å². The molecule has 0 aliphatic rings. The van der Waals surface area contributed by atoms with Gasteiger partial charge >= 0.3 is 11.9 Å². The second-order valence-corrected chi connectivity index (χ2v) is 24.2. The number of phosphoric acid groups is 1. The van der Waals surface area contributed by atoms with Crippen LogP contribution in [-0.4, -0.2) is 70.0 Å². The van der Waals surface area contributed by atoms with E-state index < -0.39 is 26.5 Å². The van der Waals surface area contributed by atoms with Crippen molar-refractivity contribution in [2.75, 3.05) is 47.5 Å². The Morgan fingerprint density at radius 3 is 1.09 bits per heavy atom. The van der Waals surface area contributed by atoms with Gasteiger partial charge in [0, 0.05) is 12.8 Å². The Morgan fingerprint density at radius 1 is 0.410 bits per heavy atom. The number of carbonyl (C=O) groups excluding carboxylic acids is 2. The van der Waals surface area contributed by atoms with Gasteiger partial charge in [0.15, 0.2) is 6.10 Å². The first-order valence-corrected chi connectivity index (χ1v) is 33.8. The number of nitrogens with zero attached hydrogens (tertiary/aromatic N) is 1. The molecule has 0 aliphatic heterocycles. The van der Waals surface area contributed by atoms with Gasteiger partial charge in [0.2, 0.25) is 0 Å². The highest BCUT2D eigenvalue weighted by Crippen LogP contribution is 2.38. The molecule has 0 amide bonds. The van der Waals surface area contributed by atoms with Gasteiger partial charge in [-0.1, -0.05) is 266 Å². The smallest absolute Gasteiger partial charge is 0.306 e. The Hall–Kier alpha value is -2.81. The third kappa shape index (κ3) is 62.4. The maximum absolute atomic E-state index is 12.8. The van der Waals surface area contributed by atoms with E-state index in [4.69, 9.17) is 18.5 Å². The Balaban J connectivity index is 4.10. The Kier molecular flexibility index (Phi) is 56.7. The highest BCUT2D eigenvalue weighted by Gasteiger charge is 2.22. The van der Waals surface area contributed by atoms with E-state index in [9.17, 15) is 19.0 Å². The number of hydrogen-bond donors (Lipinski definition) is 0. The summed E-state index contributed by atoms with van der Waals surface area (Å²) in [4.78, 5) is 38.0. The summed E-state index contributed by atoms with van der Waals surface area (Å²) >= 11 is 0. The first-order chi connectivity index (χ1) is 38.0. The van der Waals surface area contributed by atoms with Crippen molar-refractivity contribution >= 4 is 19.8 Å². The molecular weight excluding hydrogens is 990 g/mol. The second-order valence-electron chi connectivity index (χ2n) is 22.7. The lowest BCUT2D eigenvalue weighted by Gasteiger charge is -2.28. The zero-order valence-corrected chi connectivity index (χ0v) is 52.2. The summed E-state index contributed by atoms with van der Waals surface area (Å²) in [7, 11) is 1.16. The van der Waals surface area contributed by atoms with E-state index in [0.29, 0.717) is 17.4 Å². The molecular formula is C68H122NO8P. The number of ether oxygens (including phenoxy) is 2. The summed E-state index contributed by atoms with van der Waals surface area (Å²) in [5.74, 6) is -0.832. The molecule has 0 spiro atoms. The topological polar surface area (TPSA) is 111 Å². The van der Waals surface area contributed by atoms with Crippen molar-refractivity contribution in [1.82, 2.24) is 0 Å². The first-order valence-electron chi connectivity index (χ1n) is 32.3. The zero-order chi connectivity index (χ0) is 57.0. The van der Waals surface area contributed by atoms with Crippen molar-refractivity contribution in [3.05, 3.63) is 85.1 Å². The number of allylic oxidation sites excluding steroid dienone is 14. The standard InChI is InChI=1S/C68H122NO8P/c1-6-8-10-12-14-16-18-20-22-24-26-28-30-32-33-34-35-37-39-41-43-45-47-49-51-53-55-57-59-61-68(71)77-66(65-76-78(72,73)75-63-62-69(3,4)5)64-74-67(70)60-58-56-54-52-50-48-46-44-42-40-38-36-31-29-27-25-23-21-19-17-15-13-11-9-7-2/h8,10,14,16,19-22,25-28,31,36,66H,6-7,9,11-13,15,17-18,23-24,29-30,32-35,37-65H2,1-5H3/b10-8-,16-14-,21-19-,22-20-,27-25-,28-26-,36-31-. The molecule has 0 rings (SSSR count). The molecule has 0 heterocycles. The fraction of sp³-hybridized carbons (Fsp3) is 0.765. The molecule has 0 radical (unpaired) electrons. The van der Waals surface area contributed by atoms with Crippen molar-refractivity contribution in [3.8, 4) is 0 Å². The van der Waals surface area contributed by atoms with Gasteiger partial charge in [-0.15, -0.1) is 0 Å². The van der Waals surface area contributed by atoms with Crippen LogP contribution in [0.15, 0.2) is 85.1 Å². The molecule has 0 bridgehead atoms. The quantitative estimate of drug-likeness (QED) is 0.0195. The molecule has 0 saturated heterocycles. The van der Waals surface area contributed by atoms with Crippen molar-refractivity contribution < 1.29 is 42.1 Å². The number of carbonyl (C=O) groups is 2. The molecule has 2 atom stereocenters. The summed E-state index contributed by atoms with van der Waals surface area (Å²) in [6.07, 6.45) is 79.2. The van der Waals surface area contributed by atoms with E-state index in [0.717, 1.165) is 83.5 Å². The van der Waals surface area contributed by atoms with E-state index in [-0.39, 0.29) is 32.0 Å². The number of unbranched alkanes of at least 4 members (excludes halogenated alkanes) is 31. The minimum Gasteiger partial charge on any atom is -0.756 e. The summed E-state index contributed by atoms with van der Waals surface area (Å²) in [5.41, 5.74) is 0. The van der Waals surface area contributed by atoms with Crippen molar-refractivity contribution in [3.63, 3.8) is 0 Å². The molecule has 9 nitrogen and oxygen atoms in total. The van der Waals surface area contributed by atoms with Crippen LogP contribution in [0.3, 0.4) is 0 Å². The van der Waals surface area contributed by atoms with Crippen molar-refractivity contribution in [2.45, 2.75) is 290 Å². The first kappa shape index (κ1) is 75.2. The average molecular weight is 1110 g/mol. The van der Waals surface area contributed by atoms with Crippen LogP contribution in [0.2, 0.25) is 0 Å². The fourth-order valence-corrected chi connectivity index (χ4v) is 9.68. The number of rotatable bonds is 59. The highest BCUT2D eigenvalue weighted by molar-refractivity contribution is 7.45. The summed E-state index contributed by atoms with van der Waals surface area (Å²) in [6.45, 7) is 4.14. The Morgan fingerprint density at radius 2 is 0.731 bits per heavy atom. The SMILES string of the molecule is CC/C=C\C/C=C\C/C=C\C/C=C\CCCCCCCCCCCCCCCCCCC(=O)OC(COC(=O)CCCCCCCCCCCC/C=C\C/C=C\C/C=C\CCCCCCC)COP(=O)([O-])OCC[N+](C)(C)C. The number of hydrogen-bond acceptors (Lipinski definition) is 8. The van der Waals surface area contributed by atoms with Gasteiger partial charge in [-0.05, 0) is 89.9 Å². The van der Waals surface area contributed by atoms with Gasteiger partial charge in [-0.25, -0.2) is 0 Å². The molecule has 0 fully saturated rings. The van der Waals surface area contributed by atoms with Crippen molar-refractivity contribution in [1.29, 1.82) is 0 Å². The van der Waals surface area contributed by atoms with Crippen LogP contribution >= 0.6 is 7.82 Å². The van der Waals surface area contributed by atoms with Crippen LogP contribution in [0.25, 0.3) is 0 Å². The van der Waals surface area contributed by atoms with Gasteiger partial charge < -0.3 is 27.9 Å². The molecule has 10 heteroatoms. The molecule has 0 aromatic carbocycles. The number of esters is 2. The predicted octanol–water partition coefficient (Wildman–Crippen LogP) is 20.0. The monoisotopic (exact) mass is 1110 g/mol. The Labute approximate surface area is 481 Å². The number of likely N-dealkylation sites (N-methyl/N-ethyl adjacent to an activating group) is 1. The van der Waals surface area contributed by atoms with Crippen LogP contribution in [0.4, 0.5) is 0 Å². The van der Waals surface area contributed by atoms with E-state index in [1.165, 1.54) is 167 Å². The third-order valence-corrected chi connectivity index (χ3v) is 14.9. The Bertz CT molecular complexity index is 1590. The molecule has 0 saturated carbocycles. The summed E-state index contributed by atoms with van der Waals surface area (Å²) < 4.78 is 34.3. The molecule has 78 heavy (non-hydrogen) atoms. The molecule has 0 aromatic rings. The normalized spacial score (nSPS) is 13.8. The van der Waals surface area contributed by atoms with Gasteiger partial charge in [-0.2, -0.15) is 0 Å². The van der Waals surface area contributed by atoms with Crippen LogP contribution in [0.5, 0.6) is 0 Å². The minimum atomic E-state index is -4.64.